The number of fused-ring (bicyclic) bond motifs is 1. The molecule has 0 fully saturated rings. The molecule has 30 heavy (non-hydrogen) atoms. The fourth-order valence-electron chi connectivity index (χ4n) is 3.99. The lowest BCUT2D eigenvalue weighted by atomic mass is 10.1. The second kappa shape index (κ2) is 8.15. The van der Waals surface area contributed by atoms with Gasteiger partial charge in [-0.25, -0.2) is 4.98 Å². The summed E-state index contributed by atoms with van der Waals surface area (Å²) in [4.78, 5) is 9.25. The molecule has 0 saturated heterocycles. The predicted octanol–water partition coefficient (Wildman–Crippen LogP) is 5.82. The average molecular weight is 396 g/mol. The van der Waals surface area contributed by atoms with Gasteiger partial charge < -0.3 is 9.15 Å². The molecule has 0 amide bonds. The average Bonchev–Trinajstić information content (AvgIpc) is 3.41. The highest BCUT2D eigenvalue weighted by Gasteiger charge is 2.14. The van der Waals surface area contributed by atoms with Gasteiger partial charge in [0.05, 0.1) is 23.6 Å². The Morgan fingerprint density at radius 1 is 0.933 bits per heavy atom. The zero-order chi connectivity index (χ0) is 20.3. The molecular weight excluding hydrogens is 372 g/mol. The van der Waals surface area contributed by atoms with Gasteiger partial charge in [-0.3, -0.25) is 4.98 Å². The SMILES string of the molecule is Cc1oc(-c2ccc(-c3ccccc3)nc2)nc1CCOc1ccc2c(c1)CCC2. The first kappa shape index (κ1) is 18.6. The molecule has 1 aliphatic carbocycles. The van der Waals surface area contributed by atoms with Gasteiger partial charge in [0.15, 0.2) is 0 Å². The number of ether oxygens (including phenoxy) is 1. The van der Waals surface area contributed by atoms with Crippen LogP contribution in [0.4, 0.5) is 0 Å². The lowest BCUT2D eigenvalue weighted by Crippen LogP contribution is -2.03. The van der Waals surface area contributed by atoms with Crippen LogP contribution in [0.1, 0.15) is 29.0 Å². The third-order valence-corrected chi connectivity index (χ3v) is 5.65. The van der Waals surface area contributed by atoms with Crippen LogP contribution < -0.4 is 4.74 Å². The summed E-state index contributed by atoms with van der Waals surface area (Å²) in [5.41, 5.74) is 6.73. The lowest BCUT2D eigenvalue weighted by molar-refractivity contribution is 0.319. The van der Waals surface area contributed by atoms with E-state index in [2.05, 4.69) is 40.3 Å². The quantitative estimate of drug-likeness (QED) is 0.412. The van der Waals surface area contributed by atoms with E-state index in [0.717, 1.165) is 40.4 Å². The zero-order valence-electron chi connectivity index (χ0n) is 17.1. The van der Waals surface area contributed by atoms with Gasteiger partial charge in [-0.1, -0.05) is 36.4 Å². The van der Waals surface area contributed by atoms with Gasteiger partial charge >= 0.3 is 0 Å². The molecule has 0 unspecified atom stereocenters. The molecule has 4 aromatic rings. The van der Waals surface area contributed by atoms with Crippen LogP contribution in [-0.4, -0.2) is 16.6 Å². The third-order valence-electron chi connectivity index (χ3n) is 5.65. The van der Waals surface area contributed by atoms with Crippen LogP contribution in [0.5, 0.6) is 5.75 Å². The molecule has 2 heterocycles. The Morgan fingerprint density at radius 3 is 2.63 bits per heavy atom. The molecule has 2 aromatic heterocycles. The molecule has 0 N–H and O–H groups in total. The molecule has 0 aliphatic heterocycles. The number of rotatable bonds is 6. The molecular formula is C26H24N2O2. The summed E-state index contributed by atoms with van der Waals surface area (Å²) in [6.45, 7) is 2.53. The molecule has 4 nitrogen and oxygen atoms in total. The maximum Gasteiger partial charge on any atom is 0.228 e. The van der Waals surface area contributed by atoms with Crippen LogP contribution in [0.2, 0.25) is 0 Å². The van der Waals surface area contributed by atoms with Crippen molar-refractivity contribution in [2.45, 2.75) is 32.6 Å². The minimum absolute atomic E-state index is 0.580. The van der Waals surface area contributed by atoms with E-state index in [1.54, 1.807) is 0 Å². The second-order valence-corrected chi connectivity index (χ2v) is 7.70. The van der Waals surface area contributed by atoms with Crippen LogP contribution in [0.3, 0.4) is 0 Å². The Hall–Kier alpha value is -3.40. The van der Waals surface area contributed by atoms with Crippen LogP contribution >= 0.6 is 0 Å². The summed E-state index contributed by atoms with van der Waals surface area (Å²) in [6.07, 6.45) is 6.13. The van der Waals surface area contributed by atoms with Gasteiger partial charge in [-0.05, 0) is 61.6 Å². The number of pyridine rings is 1. The highest BCUT2D eigenvalue weighted by Crippen LogP contribution is 2.27. The number of aromatic nitrogens is 2. The zero-order valence-corrected chi connectivity index (χ0v) is 17.1. The number of hydrogen-bond acceptors (Lipinski definition) is 4. The van der Waals surface area contributed by atoms with Crippen LogP contribution in [-0.2, 0) is 19.3 Å². The first-order valence-corrected chi connectivity index (χ1v) is 10.5. The van der Waals surface area contributed by atoms with Gasteiger partial charge in [0, 0.05) is 18.2 Å². The summed E-state index contributed by atoms with van der Waals surface area (Å²) >= 11 is 0. The number of aryl methyl sites for hydroxylation is 3. The van der Waals surface area contributed by atoms with E-state index in [1.807, 2.05) is 43.5 Å². The Balaban J connectivity index is 1.24. The first-order chi connectivity index (χ1) is 14.8. The second-order valence-electron chi connectivity index (χ2n) is 7.70. The van der Waals surface area contributed by atoms with Crippen molar-refractivity contribution in [2.24, 2.45) is 0 Å². The van der Waals surface area contributed by atoms with Crippen molar-refractivity contribution in [3.05, 3.63) is 89.4 Å². The van der Waals surface area contributed by atoms with Crippen molar-refractivity contribution >= 4 is 0 Å². The summed E-state index contributed by atoms with van der Waals surface area (Å²) in [5, 5.41) is 0. The van der Waals surface area contributed by atoms with Crippen LogP contribution in [0.15, 0.2) is 71.3 Å². The largest absolute Gasteiger partial charge is 0.493 e. The summed E-state index contributed by atoms with van der Waals surface area (Å²) in [7, 11) is 0. The van der Waals surface area contributed by atoms with Crippen molar-refractivity contribution in [3.63, 3.8) is 0 Å². The standard InChI is InChI=1S/C26H24N2O2/c1-18-24(14-15-29-23-12-10-19-8-5-9-21(19)16-23)28-26(30-18)22-11-13-25(27-17-22)20-6-3-2-4-7-20/h2-4,6-7,10-13,16-17H,5,8-9,14-15H2,1H3. The van der Waals surface area contributed by atoms with E-state index in [9.17, 15) is 0 Å². The minimum atomic E-state index is 0.580. The van der Waals surface area contributed by atoms with Crippen molar-refractivity contribution in [3.8, 4) is 28.5 Å². The van der Waals surface area contributed by atoms with Gasteiger partial charge in [0.1, 0.15) is 11.5 Å². The summed E-state index contributed by atoms with van der Waals surface area (Å²) in [5.74, 6) is 2.37. The molecule has 150 valence electrons. The summed E-state index contributed by atoms with van der Waals surface area (Å²) in [6, 6.07) is 20.6. The lowest BCUT2D eigenvalue weighted by Gasteiger charge is -2.07. The predicted molar refractivity (Wildman–Crippen MR) is 118 cm³/mol. The minimum Gasteiger partial charge on any atom is -0.493 e. The molecule has 0 saturated carbocycles. The normalized spacial score (nSPS) is 12.7. The van der Waals surface area contributed by atoms with E-state index in [-0.39, 0.29) is 0 Å². The fraction of sp³-hybridized carbons (Fsp3) is 0.231. The Kier molecular flexibility index (Phi) is 5.06. The highest BCUT2D eigenvalue weighted by atomic mass is 16.5. The van der Waals surface area contributed by atoms with Crippen LogP contribution in [0.25, 0.3) is 22.7 Å². The maximum absolute atomic E-state index is 5.98. The molecule has 1 aliphatic rings. The van der Waals surface area contributed by atoms with Crippen molar-refractivity contribution < 1.29 is 9.15 Å². The molecule has 4 heteroatoms. The van der Waals surface area contributed by atoms with Crippen molar-refractivity contribution in [1.29, 1.82) is 0 Å². The van der Waals surface area contributed by atoms with Gasteiger partial charge in [-0.2, -0.15) is 0 Å². The molecule has 0 atom stereocenters. The first-order valence-electron chi connectivity index (χ1n) is 10.5. The van der Waals surface area contributed by atoms with E-state index in [0.29, 0.717) is 18.9 Å². The molecule has 5 rings (SSSR count). The summed E-state index contributed by atoms with van der Waals surface area (Å²) < 4.78 is 11.9. The number of hydrogen-bond donors (Lipinski definition) is 0. The van der Waals surface area contributed by atoms with Crippen LogP contribution in [0, 0.1) is 6.92 Å². The van der Waals surface area contributed by atoms with Gasteiger partial charge in [-0.15, -0.1) is 0 Å². The molecule has 0 radical (unpaired) electrons. The van der Waals surface area contributed by atoms with E-state index in [4.69, 9.17) is 9.15 Å². The van der Waals surface area contributed by atoms with Crippen molar-refractivity contribution in [1.82, 2.24) is 9.97 Å². The number of benzene rings is 2. The van der Waals surface area contributed by atoms with Gasteiger partial charge in [0.25, 0.3) is 0 Å². The Bertz CT molecular complexity index is 1150. The maximum atomic E-state index is 5.98. The molecule has 0 spiro atoms. The highest BCUT2D eigenvalue weighted by molar-refractivity contribution is 5.62. The smallest absolute Gasteiger partial charge is 0.228 e. The molecule has 2 aromatic carbocycles. The van der Waals surface area contributed by atoms with E-state index in [1.165, 1.54) is 24.0 Å². The van der Waals surface area contributed by atoms with E-state index >= 15 is 0 Å². The monoisotopic (exact) mass is 396 g/mol. The fourth-order valence-corrected chi connectivity index (χ4v) is 3.99. The van der Waals surface area contributed by atoms with Gasteiger partial charge in [0.2, 0.25) is 5.89 Å². The number of nitrogens with zero attached hydrogens (tertiary/aromatic N) is 2. The van der Waals surface area contributed by atoms with Crippen molar-refractivity contribution in [2.75, 3.05) is 6.61 Å². The topological polar surface area (TPSA) is 48.2 Å². The van der Waals surface area contributed by atoms with E-state index < -0.39 is 0 Å². The Morgan fingerprint density at radius 2 is 1.80 bits per heavy atom. The third kappa shape index (κ3) is 3.86. The Labute approximate surface area is 176 Å². The molecule has 0 bridgehead atoms. The number of oxazole rings is 1.